The lowest BCUT2D eigenvalue weighted by Crippen LogP contribution is -2.06. The van der Waals surface area contributed by atoms with Crippen molar-refractivity contribution in [1.29, 1.82) is 5.26 Å². The van der Waals surface area contributed by atoms with Crippen LogP contribution in [0, 0.1) is 17.1 Å². The van der Waals surface area contributed by atoms with Crippen LogP contribution in [0.2, 0.25) is 0 Å². The molecule has 0 saturated heterocycles. The summed E-state index contributed by atoms with van der Waals surface area (Å²) in [5.74, 6) is -0.884. The Morgan fingerprint density at radius 1 is 1.45 bits per heavy atom. The van der Waals surface area contributed by atoms with Crippen molar-refractivity contribution in [3.05, 3.63) is 34.1 Å². The van der Waals surface area contributed by atoms with Crippen molar-refractivity contribution in [2.75, 3.05) is 0 Å². The van der Waals surface area contributed by atoms with Gasteiger partial charge in [-0.1, -0.05) is 0 Å². The Hall–Kier alpha value is -2.01. The average Bonchev–Trinajstić information content (AvgIpc) is 2.66. The summed E-state index contributed by atoms with van der Waals surface area (Å²) in [5, 5.41) is 12.6. The summed E-state index contributed by atoms with van der Waals surface area (Å²) >= 11 is 3.06. The molecule has 0 aliphatic carbocycles. The van der Waals surface area contributed by atoms with Gasteiger partial charge in [0.15, 0.2) is 0 Å². The molecule has 1 heterocycles. The highest BCUT2D eigenvalue weighted by molar-refractivity contribution is 9.10. The number of ether oxygens (including phenoxy) is 1. The van der Waals surface area contributed by atoms with Crippen LogP contribution in [-0.2, 0) is 7.05 Å². The van der Waals surface area contributed by atoms with E-state index < -0.39 is 12.4 Å². The number of hydrogen-bond donors (Lipinski definition) is 0. The maximum atomic E-state index is 13.9. The highest BCUT2D eigenvalue weighted by atomic mass is 79.9. The van der Waals surface area contributed by atoms with E-state index in [9.17, 15) is 13.2 Å². The Morgan fingerprint density at radius 2 is 2.15 bits per heavy atom. The summed E-state index contributed by atoms with van der Waals surface area (Å²) in [7, 11) is 1.40. The topological polar surface area (TPSA) is 50.8 Å². The number of hydrogen-bond acceptors (Lipinski definition) is 3. The minimum absolute atomic E-state index is 0.0793. The molecular weight excluding hydrogens is 339 g/mol. The summed E-state index contributed by atoms with van der Waals surface area (Å²) in [6.45, 7) is -3.01. The third kappa shape index (κ3) is 2.63. The van der Waals surface area contributed by atoms with E-state index in [0.717, 1.165) is 10.7 Å². The largest absolute Gasteiger partial charge is 0.416 e. The molecule has 0 aliphatic rings. The van der Waals surface area contributed by atoms with Crippen LogP contribution >= 0.6 is 15.9 Å². The van der Waals surface area contributed by atoms with Crippen molar-refractivity contribution < 1.29 is 17.9 Å². The Kier molecular flexibility index (Phi) is 3.99. The zero-order valence-electron chi connectivity index (χ0n) is 10.1. The van der Waals surface area contributed by atoms with E-state index >= 15 is 0 Å². The van der Waals surface area contributed by atoms with Gasteiger partial charge in [-0.3, -0.25) is 0 Å². The molecule has 0 unspecified atom stereocenters. The van der Waals surface area contributed by atoms with Crippen LogP contribution in [0.1, 0.15) is 5.56 Å². The van der Waals surface area contributed by atoms with Gasteiger partial charge in [-0.05, 0) is 34.1 Å². The van der Waals surface area contributed by atoms with Gasteiger partial charge in [0.1, 0.15) is 16.0 Å². The zero-order valence-corrected chi connectivity index (χ0v) is 11.7. The van der Waals surface area contributed by atoms with Crippen molar-refractivity contribution in [3.8, 4) is 23.2 Å². The van der Waals surface area contributed by atoms with Gasteiger partial charge in [-0.25, -0.2) is 9.07 Å². The van der Waals surface area contributed by atoms with Crippen LogP contribution in [0.3, 0.4) is 0 Å². The van der Waals surface area contributed by atoms with Crippen LogP contribution in [0.25, 0.3) is 11.3 Å². The molecule has 1 aromatic carbocycles. The van der Waals surface area contributed by atoms with Crippen LogP contribution < -0.4 is 4.74 Å². The standard InChI is InChI=1S/C12H7BrF3N3O/c1-19-11(20-12(15)16)9(13)10(18-19)7-3-2-6(5-17)4-8(7)14/h2-4,12H,1H3. The first-order valence-electron chi connectivity index (χ1n) is 5.31. The van der Waals surface area contributed by atoms with Crippen molar-refractivity contribution >= 4 is 15.9 Å². The maximum Gasteiger partial charge on any atom is 0.388 e. The van der Waals surface area contributed by atoms with Gasteiger partial charge in [0.25, 0.3) is 0 Å². The van der Waals surface area contributed by atoms with Gasteiger partial charge >= 0.3 is 6.61 Å². The minimum Gasteiger partial charge on any atom is -0.416 e. The third-order valence-corrected chi connectivity index (χ3v) is 3.21. The van der Waals surface area contributed by atoms with Crippen molar-refractivity contribution in [2.24, 2.45) is 7.05 Å². The van der Waals surface area contributed by atoms with E-state index in [1.165, 1.54) is 19.2 Å². The van der Waals surface area contributed by atoms with Gasteiger partial charge in [-0.15, -0.1) is 0 Å². The molecule has 2 aromatic rings. The lowest BCUT2D eigenvalue weighted by molar-refractivity contribution is -0.0558. The Morgan fingerprint density at radius 3 is 2.70 bits per heavy atom. The number of rotatable bonds is 3. The normalized spacial score (nSPS) is 10.7. The molecule has 0 saturated carbocycles. The fraction of sp³-hybridized carbons (Fsp3) is 0.167. The zero-order chi connectivity index (χ0) is 14.9. The summed E-state index contributed by atoms with van der Waals surface area (Å²) in [4.78, 5) is 0. The maximum absolute atomic E-state index is 13.9. The summed E-state index contributed by atoms with van der Waals surface area (Å²) in [6.07, 6.45) is 0. The number of halogens is 4. The second-order valence-corrected chi connectivity index (χ2v) is 4.57. The highest BCUT2D eigenvalue weighted by Crippen LogP contribution is 2.36. The van der Waals surface area contributed by atoms with E-state index in [2.05, 4.69) is 25.8 Å². The van der Waals surface area contributed by atoms with Crippen molar-refractivity contribution in [2.45, 2.75) is 6.61 Å². The smallest absolute Gasteiger partial charge is 0.388 e. The average molecular weight is 346 g/mol. The molecule has 104 valence electrons. The van der Waals surface area contributed by atoms with E-state index in [1.807, 2.05) is 0 Å². The number of benzene rings is 1. The van der Waals surface area contributed by atoms with E-state index in [4.69, 9.17) is 5.26 Å². The predicted octanol–water partition coefficient (Wildman–Crippen LogP) is 3.46. The fourth-order valence-electron chi connectivity index (χ4n) is 1.64. The molecule has 20 heavy (non-hydrogen) atoms. The molecule has 0 fully saturated rings. The van der Waals surface area contributed by atoms with Gasteiger partial charge in [0.05, 0.1) is 11.6 Å². The van der Waals surface area contributed by atoms with Crippen LogP contribution in [-0.4, -0.2) is 16.4 Å². The van der Waals surface area contributed by atoms with E-state index in [0.29, 0.717) is 0 Å². The molecule has 8 heteroatoms. The SMILES string of the molecule is Cn1nc(-c2ccc(C#N)cc2F)c(Br)c1OC(F)F. The van der Waals surface area contributed by atoms with Crippen LogP contribution in [0.5, 0.6) is 5.88 Å². The van der Waals surface area contributed by atoms with Gasteiger partial charge < -0.3 is 4.74 Å². The lowest BCUT2D eigenvalue weighted by Gasteiger charge is -2.04. The Bertz CT molecular complexity index is 694. The molecule has 0 N–H and O–H groups in total. The number of aryl methyl sites for hydroxylation is 1. The fourth-order valence-corrected chi connectivity index (χ4v) is 2.29. The first-order chi connectivity index (χ1) is 9.43. The second-order valence-electron chi connectivity index (χ2n) is 3.78. The lowest BCUT2D eigenvalue weighted by atomic mass is 10.1. The first-order valence-corrected chi connectivity index (χ1v) is 6.10. The van der Waals surface area contributed by atoms with E-state index in [-0.39, 0.29) is 27.2 Å². The molecule has 0 radical (unpaired) electrons. The molecule has 1 aromatic heterocycles. The number of aromatic nitrogens is 2. The monoisotopic (exact) mass is 345 g/mol. The summed E-state index contributed by atoms with van der Waals surface area (Å²) in [6, 6.07) is 5.61. The third-order valence-electron chi connectivity index (χ3n) is 2.49. The first kappa shape index (κ1) is 14.4. The van der Waals surface area contributed by atoms with Gasteiger partial charge in [0, 0.05) is 12.6 Å². The molecule has 0 amide bonds. The Labute approximate surface area is 120 Å². The molecule has 0 atom stereocenters. The van der Waals surface area contributed by atoms with Crippen LogP contribution in [0.15, 0.2) is 22.7 Å². The Balaban J connectivity index is 2.52. The predicted molar refractivity (Wildman–Crippen MR) is 67.6 cm³/mol. The summed E-state index contributed by atoms with van der Waals surface area (Å²) < 4.78 is 43.9. The number of alkyl halides is 2. The van der Waals surface area contributed by atoms with E-state index in [1.54, 1.807) is 6.07 Å². The highest BCUT2D eigenvalue weighted by Gasteiger charge is 2.21. The van der Waals surface area contributed by atoms with Crippen molar-refractivity contribution in [1.82, 2.24) is 9.78 Å². The molecule has 0 spiro atoms. The molecule has 2 rings (SSSR count). The van der Waals surface area contributed by atoms with Crippen molar-refractivity contribution in [3.63, 3.8) is 0 Å². The quantitative estimate of drug-likeness (QED) is 0.855. The second kappa shape index (κ2) is 5.54. The molecule has 4 nitrogen and oxygen atoms in total. The minimum atomic E-state index is -3.01. The number of nitrogens with zero attached hydrogens (tertiary/aromatic N) is 3. The molecular formula is C12H7BrF3N3O. The molecule has 0 bridgehead atoms. The van der Waals surface area contributed by atoms with Crippen LogP contribution in [0.4, 0.5) is 13.2 Å². The number of nitriles is 1. The van der Waals surface area contributed by atoms with Gasteiger partial charge in [-0.2, -0.15) is 19.1 Å². The van der Waals surface area contributed by atoms with Gasteiger partial charge in [0.2, 0.25) is 5.88 Å². The molecule has 0 aliphatic heterocycles. The summed E-state index contributed by atoms with van der Waals surface area (Å²) in [5.41, 5.74) is 0.350.